The molecule has 4 aliphatic carbocycles. The Morgan fingerprint density at radius 3 is 1.18 bits per heavy atom. The number of nitro groups is 2. The number of ketones is 3. The van der Waals surface area contributed by atoms with E-state index in [1.165, 1.54) is 70.0 Å². The first kappa shape index (κ1) is 84.3. The third kappa shape index (κ3) is 28.1. The van der Waals surface area contributed by atoms with Crippen LogP contribution in [-0.4, -0.2) is 120 Å². The van der Waals surface area contributed by atoms with E-state index < -0.39 is 21.5 Å². The fourth-order valence-corrected chi connectivity index (χ4v) is 8.95. The second-order valence-corrected chi connectivity index (χ2v) is 24.0. The number of Topliss-reactive ketones (excluding diaryl/α,β-unsaturated/α-hetero) is 3. The van der Waals surface area contributed by atoms with Gasteiger partial charge in [-0.3, -0.25) is 24.0 Å². The fourth-order valence-electron chi connectivity index (χ4n) is 7.73. The summed E-state index contributed by atoms with van der Waals surface area (Å²) in [6.45, 7) is 7.51. The van der Waals surface area contributed by atoms with E-state index in [1.807, 2.05) is 57.2 Å². The number of nitrogens with two attached hydrogens (primary N) is 1. The molecule has 0 saturated heterocycles. The molecule has 0 bridgehead atoms. The molecule has 4 saturated carbocycles. The smallest absolute Gasteiger partial charge is 1.00 e. The molecule has 0 unspecified atom stereocenters. The third-order valence-corrected chi connectivity index (χ3v) is 15.2. The molecule has 4 N–H and O–H groups in total. The first-order chi connectivity index (χ1) is 46.8. The summed E-state index contributed by atoms with van der Waals surface area (Å²) >= 11 is 34.7. The predicted molar refractivity (Wildman–Crippen MR) is 381 cm³/mol. The number of aryl methyl sites for hydroxylation is 4. The zero-order valence-corrected chi connectivity index (χ0v) is 62.1. The summed E-state index contributed by atoms with van der Waals surface area (Å²) in [4.78, 5) is 106. The molecule has 100 heavy (non-hydrogen) atoms. The Labute approximate surface area is 632 Å². The zero-order chi connectivity index (χ0) is 71.6. The van der Waals surface area contributed by atoms with Crippen LogP contribution in [0.5, 0.6) is 0 Å². The van der Waals surface area contributed by atoms with Crippen LogP contribution >= 0.6 is 69.6 Å². The van der Waals surface area contributed by atoms with Crippen LogP contribution in [0.3, 0.4) is 0 Å². The van der Waals surface area contributed by atoms with E-state index in [9.17, 15) is 43.8 Å². The zero-order valence-electron chi connectivity index (χ0n) is 54.6. The first-order valence-electron chi connectivity index (χ1n) is 29.8. The maximum absolute atomic E-state index is 12.3. The Hall–Kier alpha value is -8.09. The molecule has 24 nitrogen and oxygen atoms in total. The van der Waals surface area contributed by atoms with E-state index in [4.69, 9.17) is 80.2 Å². The number of halogens is 8. The summed E-state index contributed by atoms with van der Waals surface area (Å²) in [6.07, 6.45) is 24.3. The number of carbonyl (C=O) groups is 4. The summed E-state index contributed by atoms with van der Waals surface area (Å²) in [5.74, 6) is 0.780. The largest absolute Gasteiger partial charge is 2.00 e. The Morgan fingerprint density at radius 2 is 0.870 bits per heavy atom. The van der Waals surface area contributed by atoms with Gasteiger partial charge in [0.1, 0.15) is 50.5 Å². The summed E-state index contributed by atoms with van der Waals surface area (Å²) in [6, 6.07) is 23.3. The molecule has 9 aromatic rings. The molecule has 13 rings (SSSR count). The number of anilines is 5. The normalized spacial score (nSPS) is 12.4. The van der Waals surface area contributed by atoms with Gasteiger partial charge in [-0.2, -0.15) is 4.39 Å². The van der Waals surface area contributed by atoms with E-state index >= 15 is 0 Å². The minimum Gasteiger partial charge on any atom is -1.00 e. The molecule has 0 atom stereocenters. The van der Waals surface area contributed by atoms with Crippen molar-refractivity contribution >= 4 is 156 Å². The topological polar surface area (TPSA) is 333 Å². The Bertz CT molecular complexity index is 4090. The molecule has 33 heteroatoms. The number of nitrogens with one attached hydrogen (secondary N) is 2. The van der Waals surface area contributed by atoms with Gasteiger partial charge >= 0.3 is 34.7 Å². The summed E-state index contributed by atoms with van der Waals surface area (Å²) in [7, 11) is 2.86. The van der Waals surface area contributed by atoms with Gasteiger partial charge in [0.15, 0.2) is 17.3 Å². The van der Waals surface area contributed by atoms with Crippen molar-refractivity contribution in [1.82, 2.24) is 49.9 Å². The predicted octanol–water partition coefficient (Wildman–Crippen LogP) is 13.6. The molecule has 9 heterocycles. The molecule has 0 aromatic carbocycles. The molecule has 0 radical (unpaired) electrons. The number of hydroxylamine groups is 2. The summed E-state index contributed by atoms with van der Waals surface area (Å²) in [5.41, 5.74) is 12.3. The molecular formula is C67H65BrCl6FMgN15O9. The minimum absolute atomic E-state index is 0. The number of nitrogen functional groups attached to an aromatic ring is 1. The van der Waals surface area contributed by atoms with Gasteiger partial charge in [-0.15, -0.1) is 0 Å². The molecular weight excluding hydrogens is 1490 g/mol. The maximum atomic E-state index is 12.3. The van der Waals surface area contributed by atoms with Crippen LogP contribution in [0.4, 0.5) is 44.9 Å². The molecule has 4 aliphatic rings. The van der Waals surface area contributed by atoms with Crippen molar-refractivity contribution in [3.05, 3.63) is 248 Å². The number of nitrogens with zero attached hydrogens (tertiary/aromatic N) is 12. The Balaban J connectivity index is 0.000000250. The number of aromatic nitrogens is 9. The SMILES string of the molecule is CON(C)C(=O)c1cnc(Cl)cc1Cl.Cc1cccnc1N.Cc1cccnc1Nc1cc(Cl)ncc1C(=O)C1CC1.Cc1cccnc1Nc1cc(Cl)ncc1C(=O)C1CC1.Cc1cccnc1[N+](=O)[O-].O=C(c1cnc(Cl)cc1Cl)C1CC1.O=[N+]([O-])c1ncccc1F.[Br-].[CH-]1CC1.[Mg+2]. The van der Waals surface area contributed by atoms with E-state index in [-0.39, 0.29) is 103 Å². The monoisotopic (exact) mass is 1560 g/mol. The van der Waals surface area contributed by atoms with Crippen molar-refractivity contribution in [2.45, 2.75) is 79.1 Å². The van der Waals surface area contributed by atoms with Crippen LogP contribution in [0.1, 0.15) is 115 Å². The summed E-state index contributed by atoms with van der Waals surface area (Å²) < 4.78 is 12.3. The molecule has 0 spiro atoms. The number of amides is 1. The molecule has 1 amide bonds. The van der Waals surface area contributed by atoms with Gasteiger partial charge in [0.25, 0.3) is 5.91 Å². The molecule has 520 valence electrons. The quantitative estimate of drug-likeness (QED) is 0.0227. The number of pyridine rings is 9. The number of carbonyl (C=O) groups excluding carboxylic acids is 4. The van der Waals surface area contributed by atoms with E-state index in [2.05, 4.69) is 61.9 Å². The average molecular weight is 1560 g/mol. The number of hydrogen-bond donors (Lipinski definition) is 3. The van der Waals surface area contributed by atoms with Crippen molar-refractivity contribution in [1.29, 1.82) is 0 Å². The van der Waals surface area contributed by atoms with Gasteiger partial charge in [-0.25, -0.2) is 52.8 Å². The van der Waals surface area contributed by atoms with E-state index in [1.54, 1.807) is 62.2 Å². The van der Waals surface area contributed by atoms with Crippen LogP contribution < -0.4 is 33.3 Å². The van der Waals surface area contributed by atoms with Gasteiger partial charge < -0.3 is 60.0 Å². The van der Waals surface area contributed by atoms with Gasteiger partial charge in [0.2, 0.25) is 5.82 Å². The van der Waals surface area contributed by atoms with Crippen LogP contribution in [0.2, 0.25) is 30.7 Å². The Kier molecular flexibility index (Phi) is 35.6. The minimum atomic E-state index is -0.910. The fraction of sp³-hybridized carbons (Fsp3) is 0.254. The van der Waals surface area contributed by atoms with Crippen LogP contribution in [0.25, 0.3) is 0 Å². The molecule has 4 fully saturated rings. The standard InChI is InChI=1S/2C15H14ClN3O.C9H7Cl2NO.C8H8Cl2N2O2.C6H6N2O2.C6H8N2.C5H3FN2O2.C3H5.BrH.Mg/c2*1-9-3-2-6-17-15(9)19-12-7-13(16)18-8-11(12)14(20)10-4-5-10;10-7-3-8(11)12-4-6(7)9(13)5-1-2-5;1-12(14-2)8(13)5-4-11-7(10)3-6(5)9;1-5-3-2-4-7-6(5)8(9)10;1-5-3-2-4-8-6(5)7;6-4-2-1-3-7-5(4)8(9)10;1-2-3-1;;/h2*2-3,6-8,10H,4-5H2,1H3,(H,17,18,19);3-5H,1-2H2;3-4H,1-2H3;2-4H,1H3;2-4H,1H3,(H2,7,8);1-3H;1H,2-3H2;1H;/q;;;;;;;-1;;+2/p-1. The molecule has 9 aromatic heterocycles. The van der Waals surface area contributed by atoms with E-state index in [0.717, 1.165) is 78.0 Å². The van der Waals surface area contributed by atoms with Crippen molar-refractivity contribution < 1.29 is 55.2 Å². The van der Waals surface area contributed by atoms with Gasteiger partial charge in [-0.1, -0.05) is 87.8 Å². The van der Waals surface area contributed by atoms with Crippen LogP contribution in [-0.2, 0) is 4.84 Å². The third-order valence-electron chi connectivity index (χ3n) is 13.7. The first-order valence-corrected chi connectivity index (χ1v) is 32.1. The van der Waals surface area contributed by atoms with E-state index in [0.29, 0.717) is 59.9 Å². The number of hydrogen-bond acceptors (Lipinski definition) is 21. The van der Waals surface area contributed by atoms with Crippen molar-refractivity contribution in [3.8, 4) is 0 Å². The second-order valence-electron chi connectivity index (χ2n) is 21.6. The van der Waals surface area contributed by atoms with Gasteiger partial charge in [-0.05, 0) is 169 Å². The second kappa shape index (κ2) is 42.2. The Morgan fingerprint density at radius 1 is 0.530 bits per heavy atom. The maximum Gasteiger partial charge on any atom is 2.00 e. The average Bonchev–Trinajstić information content (AvgIpc) is 1.81. The van der Waals surface area contributed by atoms with Crippen molar-refractivity contribution in [3.63, 3.8) is 0 Å². The molecule has 0 aliphatic heterocycles. The van der Waals surface area contributed by atoms with Crippen LogP contribution in [0, 0.1) is 77.9 Å². The summed E-state index contributed by atoms with van der Waals surface area (Å²) in [5, 5.41) is 29.4. The van der Waals surface area contributed by atoms with Gasteiger partial charge in [0, 0.05) is 73.7 Å². The van der Waals surface area contributed by atoms with Crippen molar-refractivity contribution in [2.24, 2.45) is 17.8 Å². The van der Waals surface area contributed by atoms with Crippen molar-refractivity contribution in [2.75, 3.05) is 30.5 Å². The van der Waals surface area contributed by atoms with Crippen LogP contribution in [0.15, 0.2) is 141 Å². The van der Waals surface area contributed by atoms with Gasteiger partial charge in [0.05, 0.1) is 50.8 Å². The number of rotatable bonds is 14.